The molecule has 0 amide bonds. The Morgan fingerprint density at radius 3 is 1.04 bits per heavy atom. The lowest BCUT2D eigenvalue weighted by molar-refractivity contribution is 0.0980. The molecule has 0 aromatic heterocycles. The Bertz CT molecular complexity index is 2390. The van der Waals surface area contributed by atoms with Gasteiger partial charge in [0, 0.05) is 22.5 Å². The maximum absolute atomic E-state index is 13.9. The summed E-state index contributed by atoms with van der Waals surface area (Å²) in [7, 11) is -8.66. The van der Waals surface area contributed by atoms with Gasteiger partial charge in [-0.15, -0.1) is 0 Å². The van der Waals surface area contributed by atoms with Crippen molar-refractivity contribution in [3.63, 3.8) is 0 Å². The second-order valence-corrected chi connectivity index (χ2v) is 14.4. The van der Waals surface area contributed by atoms with E-state index in [9.17, 15) is 35.5 Å². The zero-order chi connectivity index (χ0) is 36.6. The maximum atomic E-state index is 13.9. The molecule has 7 rings (SSSR count). The van der Waals surface area contributed by atoms with Crippen LogP contribution in [0.15, 0.2) is 143 Å². The SMILES string of the molecule is O=C1c2ccccc2C(=O)c2c(Nc3ccc(Oc4ccc(S(=O)(=O)O)cc4)cc3)ccc(Nc3ccc(Oc4ccc(S(=O)(=O)O)cc4)cc3)c21. The molecule has 0 fully saturated rings. The number of carbonyl (C=O) groups excluding carboxylic acids is 2. The van der Waals surface area contributed by atoms with E-state index < -0.39 is 20.2 Å². The van der Waals surface area contributed by atoms with Gasteiger partial charge in [-0.3, -0.25) is 18.7 Å². The molecule has 0 radical (unpaired) electrons. The first-order chi connectivity index (χ1) is 24.8. The van der Waals surface area contributed by atoms with Gasteiger partial charge in [-0.05, 0) is 109 Å². The zero-order valence-corrected chi connectivity index (χ0v) is 28.3. The molecule has 0 aliphatic heterocycles. The van der Waals surface area contributed by atoms with Crippen LogP contribution in [0.5, 0.6) is 23.0 Å². The Morgan fingerprint density at radius 2 is 0.731 bits per heavy atom. The van der Waals surface area contributed by atoms with Crippen LogP contribution in [0.4, 0.5) is 22.7 Å². The van der Waals surface area contributed by atoms with Crippen molar-refractivity contribution in [2.75, 3.05) is 10.6 Å². The number of anilines is 4. The van der Waals surface area contributed by atoms with E-state index in [0.717, 1.165) is 0 Å². The Kier molecular flexibility index (Phi) is 8.82. The van der Waals surface area contributed by atoms with Crippen LogP contribution in [0.1, 0.15) is 31.8 Å². The molecule has 14 heteroatoms. The Labute approximate surface area is 297 Å². The Balaban J connectivity index is 1.13. The van der Waals surface area contributed by atoms with Crippen LogP contribution in [0, 0.1) is 0 Å². The summed E-state index contributed by atoms with van der Waals surface area (Å²) in [5, 5.41) is 6.50. The van der Waals surface area contributed by atoms with Gasteiger partial charge in [0.15, 0.2) is 11.6 Å². The number of benzene rings is 6. The van der Waals surface area contributed by atoms with Crippen LogP contribution in [-0.4, -0.2) is 37.5 Å². The van der Waals surface area contributed by atoms with Crippen molar-refractivity contribution < 1.29 is 45.0 Å². The molecule has 0 unspecified atom stereocenters. The van der Waals surface area contributed by atoms with Crippen LogP contribution < -0.4 is 20.1 Å². The fourth-order valence-electron chi connectivity index (χ4n) is 5.59. The molecular weight excluding hydrogens is 709 g/mol. The van der Waals surface area contributed by atoms with E-state index >= 15 is 0 Å². The van der Waals surface area contributed by atoms with E-state index in [0.29, 0.717) is 45.7 Å². The van der Waals surface area contributed by atoms with Gasteiger partial charge in [0.2, 0.25) is 0 Å². The average Bonchev–Trinajstić information content (AvgIpc) is 3.12. The van der Waals surface area contributed by atoms with Gasteiger partial charge >= 0.3 is 0 Å². The number of ether oxygens (including phenoxy) is 2. The standard InChI is InChI=1S/C38H26N2O10S2/c41-37-31-3-1-2-4-32(31)38(42)36-34(40-24-7-11-26(12-8-24)50-28-15-19-30(20-16-28)52(46,47)48)22-21-33(35(36)37)39-23-5-9-25(10-6-23)49-27-13-17-29(18-14-27)51(43,44)45/h1-22,39-40H,(H,43,44,45)(H,46,47,48). The number of rotatable bonds is 10. The highest BCUT2D eigenvalue weighted by Gasteiger charge is 2.34. The first-order valence-electron chi connectivity index (χ1n) is 15.4. The highest BCUT2D eigenvalue weighted by Crippen LogP contribution is 2.39. The summed E-state index contributed by atoms with van der Waals surface area (Å²) in [5.41, 5.74) is 2.98. The van der Waals surface area contributed by atoms with E-state index in [1.807, 2.05) is 0 Å². The molecule has 52 heavy (non-hydrogen) atoms. The van der Waals surface area contributed by atoms with Gasteiger partial charge < -0.3 is 20.1 Å². The van der Waals surface area contributed by atoms with Crippen LogP contribution in [0.25, 0.3) is 0 Å². The van der Waals surface area contributed by atoms with Crippen molar-refractivity contribution in [1.82, 2.24) is 0 Å². The van der Waals surface area contributed by atoms with Gasteiger partial charge in [-0.25, -0.2) is 0 Å². The summed E-state index contributed by atoms with van der Waals surface area (Å²) >= 11 is 0. The van der Waals surface area contributed by atoms with Gasteiger partial charge in [-0.2, -0.15) is 16.8 Å². The fourth-order valence-corrected chi connectivity index (χ4v) is 6.55. The van der Waals surface area contributed by atoms with Crippen molar-refractivity contribution in [3.05, 3.63) is 156 Å². The van der Waals surface area contributed by atoms with Crippen LogP contribution >= 0.6 is 0 Å². The molecule has 260 valence electrons. The second kappa shape index (κ2) is 13.4. The normalized spacial score (nSPS) is 12.4. The molecule has 0 heterocycles. The fraction of sp³-hybridized carbons (Fsp3) is 0. The van der Waals surface area contributed by atoms with Crippen LogP contribution in [-0.2, 0) is 20.2 Å². The predicted octanol–water partition coefficient (Wildman–Crippen LogP) is 8.03. The number of ketones is 2. The molecule has 0 saturated heterocycles. The van der Waals surface area contributed by atoms with Crippen molar-refractivity contribution >= 4 is 54.6 Å². The molecule has 6 aromatic carbocycles. The molecule has 0 bridgehead atoms. The lowest BCUT2D eigenvalue weighted by atomic mass is 9.82. The first-order valence-corrected chi connectivity index (χ1v) is 18.3. The summed E-state index contributed by atoms with van der Waals surface area (Å²) < 4.78 is 75.2. The molecule has 0 saturated carbocycles. The Hall–Kier alpha value is -6.32. The zero-order valence-electron chi connectivity index (χ0n) is 26.7. The molecule has 0 atom stereocenters. The van der Waals surface area contributed by atoms with E-state index in [4.69, 9.17) is 9.47 Å². The smallest absolute Gasteiger partial charge is 0.294 e. The highest BCUT2D eigenvalue weighted by atomic mass is 32.2. The number of fused-ring (bicyclic) bond motifs is 2. The minimum atomic E-state index is -4.33. The molecule has 1 aliphatic carbocycles. The molecule has 0 spiro atoms. The first kappa shape index (κ1) is 34.1. The quantitative estimate of drug-likeness (QED) is 0.0993. The summed E-state index contributed by atoms with van der Waals surface area (Å²) in [6.45, 7) is 0. The molecule has 1 aliphatic rings. The molecule has 6 aromatic rings. The van der Waals surface area contributed by atoms with Gasteiger partial charge in [0.1, 0.15) is 23.0 Å². The number of hydrogen-bond acceptors (Lipinski definition) is 10. The monoisotopic (exact) mass is 734 g/mol. The van der Waals surface area contributed by atoms with Gasteiger partial charge in [0.25, 0.3) is 20.2 Å². The van der Waals surface area contributed by atoms with Gasteiger partial charge in [-0.1, -0.05) is 24.3 Å². The van der Waals surface area contributed by atoms with Crippen molar-refractivity contribution in [2.24, 2.45) is 0 Å². The van der Waals surface area contributed by atoms with Crippen molar-refractivity contribution in [2.45, 2.75) is 9.79 Å². The van der Waals surface area contributed by atoms with Crippen molar-refractivity contribution in [3.8, 4) is 23.0 Å². The minimum Gasteiger partial charge on any atom is -0.457 e. The number of nitrogens with one attached hydrogen (secondary N) is 2. The predicted molar refractivity (Wildman–Crippen MR) is 192 cm³/mol. The van der Waals surface area contributed by atoms with Gasteiger partial charge in [0.05, 0.1) is 32.3 Å². The van der Waals surface area contributed by atoms with E-state index in [-0.39, 0.29) is 43.6 Å². The van der Waals surface area contributed by atoms with E-state index in [1.165, 1.54) is 48.5 Å². The van der Waals surface area contributed by atoms with Crippen LogP contribution in [0.2, 0.25) is 0 Å². The number of hydrogen-bond donors (Lipinski definition) is 4. The summed E-state index contributed by atoms with van der Waals surface area (Å²) in [6, 6.07) is 34.2. The molecule has 4 N–H and O–H groups in total. The summed E-state index contributed by atoms with van der Waals surface area (Å²) in [5.74, 6) is 0.935. The van der Waals surface area contributed by atoms with E-state index in [1.54, 1.807) is 84.9 Å². The summed E-state index contributed by atoms with van der Waals surface area (Å²) in [6.07, 6.45) is 0. The topological polar surface area (TPSA) is 185 Å². The van der Waals surface area contributed by atoms with E-state index in [2.05, 4.69) is 10.6 Å². The lowest BCUT2D eigenvalue weighted by Crippen LogP contribution is -2.23. The maximum Gasteiger partial charge on any atom is 0.294 e. The highest BCUT2D eigenvalue weighted by molar-refractivity contribution is 7.86. The third-order valence-corrected chi connectivity index (χ3v) is 9.79. The summed E-state index contributed by atoms with van der Waals surface area (Å²) in [4.78, 5) is 27.4. The third kappa shape index (κ3) is 7.12. The second-order valence-electron chi connectivity index (χ2n) is 11.5. The molecular formula is C38H26N2O10S2. The average molecular weight is 735 g/mol. The van der Waals surface area contributed by atoms with Crippen molar-refractivity contribution in [1.29, 1.82) is 0 Å². The largest absolute Gasteiger partial charge is 0.457 e. The minimum absolute atomic E-state index is 0.196. The number of carbonyl (C=O) groups is 2. The van der Waals surface area contributed by atoms with Crippen LogP contribution in [0.3, 0.4) is 0 Å². The Morgan fingerprint density at radius 1 is 0.423 bits per heavy atom. The lowest BCUT2D eigenvalue weighted by Gasteiger charge is -2.24. The molecule has 12 nitrogen and oxygen atoms in total. The third-order valence-electron chi connectivity index (χ3n) is 8.06.